The van der Waals surface area contributed by atoms with E-state index >= 15 is 0 Å². The SMILES string of the molecule is CC(=O)O[C@@]12C[C@@H](C)[C@@]3(O)[C@@H](C=C(C=O)C[C@]4(O)C(=O)C(C)=C[C@@H]34)[C@@H]1C2(C)C. The monoisotopic (exact) mass is 388 g/mol. The van der Waals surface area contributed by atoms with Crippen LogP contribution in [-0.2, 0) is 19.1 Å². The normalized spacial score (nSPS) is 48.3. The number of rotatable bonds is 2. The molecular weight excluding hydrogens is 360 g/mol. The van der Waals surface area contributed by atoms with E-state index in [2.05, 4.69) is 0 Å². The van der Waals surface area contributed by atoms with Crippen molar-refractivity contribution < 1.29 is 29.3 Å². The van der Waals surface area contributed by atoms with Crippen LogP contribution >= 0.6 is 0 Å². The largest absolute Gasteiger partial charge is 0.458 e. The van der Waals surface area contributed by atoms with Crippen molar-refractivity contribution in [1.82, 2.24) is 0 Å². The highest BCUT2D eigenvalue weighted by Gasteiger charge is 2.83. The van der Waals surface area contributed by atoms with Crippen molar-refractivity contribution >= 4 is 18.0 Å². The second kappa shape index (κ2) is 5.42. The predicted octanol–water partition coefficient (Wildman–Crippen LogP) is 1.74. The van der Waals surface area contributed by atoms with E-state index in [4.69, 9.17) is 4.74 Å². The van der Waals surface area contributed by atoms with Crippen LogP contribution in [-0.4, -0.2) is 45.1 Å². The molecule has 6 nitrogen and oxygen atoms in total. The molecule has 0 saturated heterocycles. The summed E-state index contributed by atoms with van der Waals surface area (Å²) < 4.78 is 5.81. The third kappa shape index (κ3) is 2.03. The van der Waals surface area contributed by atoms with E-state index in [1.807, 2.05) is 20.8 Å². The summed E-state index contributed by atoms with van der Waals surface area (Å²) in [6.07, 6.45) is 4.36. The van der Waals surface area contributed by atoms with Gasteiger partial charge in [0.15, 0.2) is 5.78 Å². The molecule has 152 valence electrons. The Morgan fingerprint density at radius 1 is 1.29 bits per heavy atom. The lowest BCUT2D eigenvalue weighted by Crippen LogP contribution is -2.61. The number of ether oxygens (including phenoxy) is 1. The van der Waals surface area contributed by atoms with E-state index in [9.17, 15) is 24.6 Å². The lowest BCUT2D eigenvalue weighted by atomic mass is 9.60. The van der Waals surface area contributed by atoms with Crippen LogP contribution in [0.4, 0.5) is 0 Å². The zero-order valence-electron chi connectivity index (χ0n) is 17.0. The highest BCUT2D eigenvalue weighted by Crippen LogP contribution is 2.76. The van der Waals surface area contributed by atoms with Gasteiger partial charge in [0.2, 0.25) is 0 Å². The average molecular weight is 388 g/mol. The van der Waals surface area contributed by atoms with E-state index < -0.39 is 39.8 Å². The first-order valence-corrected chi connectivity index (χ1v) is 9.89. The lowest BCUT2D eigenvalue weighted by Gasteiger charge is -2.50. The van der Waals surface area contributed by atoms with Gasteiger partial charge in [-0.15, -0.1) is 0 Å². The lowest BCUT2D eigenvalue weighted by molar-refractivity contribution is -0.186. The van der Waals surface area contributed by atoms with Crippen LogP contribution in [0.3, 0.4) is 0 Å². The molecule has 7 atom stereocenters. The van der Waals surface area contributed by atoms with Crippen LogP contribution < -0.4 is 0 Å². The summed E-state index contributed by atoms with van der Waals surface area (Å²) in [5.74, 6) is -2.69. The Kier molecular flexibility index (Phi) is 3.78. The van der Waals surface area contributed by atoms with Crippen molar-refractivity contribution in [2.45, 2.75) is 64.3 Å². The molecule has 0 aromatic heterocycles. The van der Waals surface area contributed by atoms with Gasteiger partial charge in [0.25, 0.3) is 0 Å². The smallest absolute Gasteiger partial charge is 0.303 e. The second-order valence-electron chi connectivity index (χ2n) is 9.82. The molecule has 2 fully saturated rings. The maximum Gasteiger partial charge on any atom is 0.303 e. The summed E-state index contributed by atoms with van der Waals surface area (Å²) in [4.78, 5) is 36.4. The number of aliphatic hydroxyl groups is 2. The van der Waals surface area contributed by atoms with Crippen molar-refractivity contribution in [3.8, 4) is 0 Å². The highest BCUT2D eigenvalue weighted by molar-refractivity contribution is 6.05. The van der Waals surface area contributed by atoms with Crippen molar-refractivity contribution in [3.05, 3.63) is 23.3 Å². The molecule has 0 unspecified atom stereocenters. The van der Waals surface area contributed by atoms with Crippen molar-refractivity contribution in [1.29, 1.82) is 0 Å². The van der Waals surface area contributed by atoms with Crippen molar-refractivity contribution in [3.63, 3.8) is 0 Å². The first-order valence-electron chi connectivity index (χ1n) is 9.89. The van der Waals surface area contributed by atoms with Gasteiger partial charge >= 0.3 is 5.97 Å². The Labute approximate surface area is 164 Å². The standard InChI is InChI=1S/C22H28O6/c1-11-6-16-20(26,18(11)25)9-14(10-23)7-15-17-19(4,5)21(17,28-13(3)24)8-12(2)22(15,16)27/h6-7,10,12,15-17,26-27H,8-9H2,1-5H3/t12-,15+,16-,17-,20-,21+,22-/m1/s1. The quantitative estimate of drug-likeness (QED) is 0.552. The van der Waals surface area contributed by atoms with Crippen LogP contribution in [0, 0.1) is 29.1 Å². The first kappa shape index (κ1) is 19.5. The molecule has 4 aliphatic carbocycles. The Morgan fingerprint density at radius 3 is 2.50 bits per heavy atom. The number of hydrogen-bond donors (Lipinski definition) is 2. The molecule has 2 saturated carbocycles. The van der Waals surface area contributed by atoms with Gasteiger partial charge in [0, 0.05) is 36.5 Å². The molecule has 0 bridgehead atoms. The summed E-state index contributed by atoms with van der Waals surface area (Å²) >= 11 is 0. The predicted molar refractivity (Wildman–Crippen MR) is 100.0 cm³/mol. The van der Waals surface area contributed by atoms with Crippen LogP contribution in [0.5, 0.6) is 0 Å². The average Bonchev–Trinajstić information content (AvgIpc) is 2.99. The highest BCUT2D eigenvalue weighted by atomic mass is 16.6. The van der Waals surface area contributed by atoms with Gasteiger partial charge in [0.05, 0.1) is 5.60 Å². The van der Waals surface area contributed by atoms with Crippen LogP contribution in [0.25, 0.3) is 0 Å². The van der Waals surface area contributed by atoms with E-state index in [0.717, 1.165) is 0 Å². The number of ketones is 1. The number of carbonyl (C=O) groups excluding carboxylic acids is 3. The fourth-order valence-electron chi connectivity index (χ4n) is 6.77. The molecule has 0 aromatic rings. The molecular formula is C22H28O6. The summed E-state index contributed by atoms with van der Waals surface area (Å²) in [5, 5.41) is 23.4. The Bertz CT molecular complexity index is 853. The Morgan fingerprint density at radius 2 is 1.93 bits per heavy atom. The minimum Gasteiger partial charge on any atom is -0.458 e. The number of hydrogen-bond acceptors (Lipinski definition) is 6. The molecule has 2 N–H and O–H groups in total. The molecule has 0 aliphatic heterocycles. The van der Waals surface area contributed by atoms with Gasteiger partial charge in [-0.3, -0.25) is 14.4 Å². The molecule has 0 heterocycles. The van der Waals surface area contributed by atoms with Gasteiger partial charge in [-0.05, 0) is 30.4 Å². The van der Waals surface area contributed by atoms with E-state index in [0.29, 0.717) is 23.9 Å². The van der Waals surface area contributed by atoms with Crippen molar-refractivity contribution in [2.24, 2.45) is 29.1 Å². The summed E-state index contributed by atoms with van der Waals surface area (Å²) in [5.41, 5.74) is -3.64. The molecule has 0 amide bonds. The zero-order chi connectivity index (χ0) is 20.9. The number of esters is 1. The third-order valence-corrected chi connectivity index (χ3v) is 8.10. The van der Waals surface area contributed by atoms with Crippen LogP contribution in [0.2, 0.25) is 0 Å². The third-order valence-electron chi connectivity index (χ3n) is 8.10. The molecule has 6 heteroatoms. The number of carbonyl (C=O) groups is 3. The minimum atomic E-state index is -1.82. The van der Waals surface area contributed by atoms with Crippen LogP contribution in [0.15, 0.2) is 23.3 Å². The maximum atomic E-state index is 12.8. The van der Waals surface area contributed by atoms with Gasteiger partial charge in [-0.1, -0.05) is 32.9 Å². The topological polar surface area (TPSA) is 101 Å². The molecule has 0 spiro atoms. The maximum absolute atomic E-state index is 12.8. The van der Waals surface area contributed by atoms with Gasteiger partial charge in [-0.25, -0.2) is 0 Å². The van der Waals surface area contributed by atoms with Crippen LogP contribution in [0.1, 0.15) is 47.5 Å². The second-order valence-corrected chi connectivity index (χ2v) is 9.82. The summed E-state index contributed by atoms with van der Waals surface area (Å²) in [6, 6.07) is 0. The Hall–Kier alpha value is -1.79. The van der Waals surface area contributed by atoms with Gasteiger partial charge in [0.1, 0.15) is 17.5 Å². The molecule has 4 rings (SSSR count). The zero-order valence-corrected chi connectivity index (χ0v) is 17.0. The fraction of sp³-hybridized carbons (Fsp3) is 0.682. The Balaban J connectivity index is 1.91. The van der Waals surface area contributed by atoms with E-state index in [1.165, 1.54) is 6.92 Å². The number of Topliss-reactive ketones (excluding diaryl/α,β-unsaturated/α-hetero) is 1. The van der Waals surface area contributed by atoms with E-state index in [-0.39, 0.29) is 24.2 Å². The molecule has 0 radical (unpaired) electrons. The fourth-order valence-corrected chi connectivity index (χ4v) is 6.77. The molecule has 28 heavy (non-hydrogen) atoms. The summed E-state index contributed by atoms with van der Waals surface area (Å²) in [6.45, 7) is 8.90. The number of fused-ring (bicyclic) bond motifs is 5. The minimum absolute atomic E-state index is 0.118. The first-order chi connectivity index (χ1) is 12.9. The van der Waals surface area contributed by atoms with Crippen molar-refractivity contribution in [2.75, 3.05) is 0 Å². The van der Waals surface area contributed by atoms with E-state index in [1.54, 1.807) is 19.1 Å². The molecule has 0 aromatic carbocycles. The van der Waals surface area contributed by atoms with Gasteiger partial charge < -0.3 is 14.9 Å². The van der Waals surface area contributed by atoms with Gasteiger partial charge in [-0.2, -0.15) is 0 Å². The number of aldehydes is 1. The molecule has 4 aliphatic rings. The summed E-state index contributed by atoms with van der Waals surface area (Å²) in [7, 11) is 0.